The van der Waals surface area contributed by atoms with Crippen molar-refractivity contribution < 1.29 is 14.0 Å². The van der Waals surface area contributed by atoms with E-state index in [2.05, 4.69) is 21.2 Å². The molecule has 0 aliphatic rings. The van der Waals surface area contributed by atoms with E-state index in [0.29, 0.717) is 5.56 Å². The summed E-state index contributed by atoms with van der Waals surface area (Å²) in [4.78, 5) is 21.0. The van der Waals surface area contributed by atoms with Crippen LogP contribution in [-0.4, -0.2) is 18.7 Å². The molecule has 1 aromatic carbocycles. The molecule has 0 heterocycles. The van der Waals surface area contributed by atoms with E-state index in [4.69, 9.17) is 0 Å². The van der Waals surface area contributed by atoms with Gasteiger partial charge in [-0.3, -0.25) is 9.59 Å². The minimum Gasteiger partial charge on any atom is -0.349 e. The van der Waals surface area contributed by atoms with E-state index in [0.717, 1.165) is 4.47 Å². The summed E-state index contributed by atoms with van der Waals surface area (Å²) in [5.74, 6) is -1.04. The van der Waals surface area contributed by atoms with Gasteiger partial charge in [-0.15, -0.1) is 0 Å². The topological polar surface area (TPSA) is 46.2 Å². The molecule has 3 nitrogen and oxygen atoms in total. The highest BCUT2D eigenvalue weighted by molar-refractivity contribution is 9.10. The highest BCUT2D eigenvalue weighted by atomic mass is 79.9. The Morgan fingerprint density at radius 1 is 1.53 bits per heavy atom. The average Bonchev–Trinajstić information content (AvgIpc) is 2.29. The summed E-state index contributed by atoms with van der Waals surface area (Å²) in [6, 6.07) is 4.64. The van der Waals surface area contributed by atoms with Gasteiger partial charge in [-0.25, -0.2) is 4.39 Å². The van der Waals surface area contributed by atoms with Gasteiger partial charge in [0, 0.05) is 16.4 Å². The molecular formula is C12H13BrFNO2. The van der Waals surface area contributed by atoms with E-state index < -0.39 is 11.3 Å². The minimum atomic E-state index is -0.700. The second kappa shape index (κ2) is 5.40. The van der Waals surface area contributed by atoms with Crippen molar-refractivity contribution in [3.05, 3.63) is 34.1 Å². The molecule has 1 aromatic rings. The Hall–Kier alpha value is -1.23. The molecule has 0 radical (unpaired) electrons. The van der Waals surface area contributed by atoms with Crippen molar-refractivity contribution in [3.63, 3.8) is 0 Å². The summed E-state index contributed by atoms with van der Waals surface area (Å²) in [5, 5.41) is 2.43. The fourth-order valence-corrected chi connectivity index (χ4v) is 1.82. The van der Waals surface area contributed by atoms with Crippen molar-refractivity contribution in [2.24, 2.45) is 0 Å². The maximum absolute atomic E-state index is 13.7. The smallest absolute Gasteiger partial charge is 0.284 e. The molecule has 17 heavy (non-hydrogen) atoms. The van der Waals surface area contributed by atoms with E-state index >= 15 is 0 Å². The maximum atomic E-state index is 13.7. The van der Waals surface area contributed by atoms with Gasteiger partial charge >= 0.3 is 0 Å². The summed E-state index contributed by atoms with van der Waals surface area (Å²) < 4.78 is 14.4. The molecule has 0 aliphatic heterocycles. The van der Waals surface area contributed by atoms with E-state index in [1.807, 2.05) is 0 Å². The number of nitrogens with one attached hydrogen (secondary N) is 1. The summed E-state index contributed by atoms with van der Waals surface area (Å²) in [6.45, 7) is 3.78. The lowest BCUT2D eigenvalue weighted by atomic mass is 9.84. The number of hydrogen-bond acceptors (Lipinski definition) is 2. The lowest BCUT2D eigenvalue weighted by molar-refractivity contribution is -0.131. The lowest BCUT2D eigenvalue weighted by Crippen LogP contribution is -2.37. The SMILES string of the molecule is CC(C)(CNC(=O)C=O)c1cc(Br)ccc1F. The molecule has 0 saturated heterocycles. The Labute approximate surface area is 108 Å². The molecule has 0 spiro atoms. The Morgan fingerprint density at radius 3 is 2.76 bits per heavy atom. The molecule has 0 saturated carbocycles. The standard InChI is InChI=1S/C12H13BrFNO2/c1-12(2,7-15-11(17)6-16)9-5-8(13)3-4-10(9)14/h3-6H,7H2,1-2H3,(H,15,17). The molecule has 0 fully saturated rings. The third-order valence-corrected chi connectivity index (χ3v) is 2.96. The second-order valence-corrected chi connectivity index (χ2v) is 5.26. The molecule has 0 aliphatic carbocycles. The van der Waals surface area contributed by atoms with E-state index in [-0.39, 0.29) is 18.6 Å². The number of amides is 1. The maximum Gasteiger partial charge on any atom is 0.284 e. The average molecular weight is 302 g/mol. The normalized spacial score (nSPS) is 11.1. The zero-order chi connectivity index (χ0) is 13.1. The van der Waals surface area contributed by atoms with Crippen LogP contribution in [0.4, 0.5) is 4.39 Å². The van der Waals surface area contributed by atoms with Gasteiger partial charge in [0.05, 0.1) is 0 Å². The van der Waals surface area contributed by atoms with Gasteiger partial charge in [0.2, 0.25) is 6.29 Å². The van der Waals surface area contributed by atoms with Crippen molar-refractivity contribution >= 4 is 28.1 Å². The molecule has 1 N–H and O–H groups in total. The molecule has 0 aromatic heterocycles. The highest BCUT2D eigenvalue weighted by Gasteiger charge is 2.25. The molecule has 0 atom stereocenters. The van der Waals surface area contributed by atoms with E-state index in [9.17, 15) is 14.0 Å². The number of benzene rings is 1. The first-order valence-corrected chi connectivity index (χ1v) is 5.84. The third kappa shape index (κ3) is 3.63. The third-order valence-electron chi connectivity index (χ3n) is 2.47. The van der Waals surface area contributed by atoms with Gasteiger partial charge < -0.3 is 5.32 Å². The Balaban J connectivity index is 2.91. The van der Waals surface area contributed by atoms with Crippen molar-refractivity contribution in [1.29, 1.82) is 0 Å². The second-order valence-electron chi connectivity index (χ2n) is 4.34. The summed E-state index contributed by atoms with van der Waals surface area (Å²) >= 11 is 3.27. The van der Waals surface area contributed by atoms with Crippen LogP contribution in [0.1, 0.15) is 19.4 Å². The van der Waals surface area contributed by atoms with Crippen LogP contribution >= 0.6 is 15.9 Å². The van der Waals surface area contributed by atoms with Gasteiger partial charge in [-0.1, -0.05) is 29.8 Å². The van der Waals surface area contributed by atoms with Crippen molar-refractivity contribution in [1.82, 2.24) is 5.32 Å². The zero-order valence-corrected chi connectivity index (χ0v) is 11.2. The van der Waals surface area contributed by atoms with Gasteiger partial charge in [0.15, 0.2) is 0 Å². The first kappa shape index (κ1) is 13.8. The Kier molecular flexibility index (Phi) is 4.40. The van der Waals surface area contributed by atoms with Crippen LogP contribution in [0, 0.1) is 5.82 Å². The van der Waals surface area contributed by atoms with Crippen molar-refractivity contribution in [2.45, 2.75) is 19.3 Å². The van der Waals surface area contributed by atoms with Crippen LogP contribution in [0.3, 0.4) is 0 Å². The predicted molar refractivity (Wildman–Crippen MR) is 66.2 cm³/mol. The van der Waals surface area contributed by atoms with Crippen LogP contribution in [0.25, 0.3) is 0 Å². The molecular weight excluding hydrogens is 289 g/mol. The number of carbonyl (C=O) groups excluding carboxylic acids is 2. The van der Waals surface area contributed by atoms with Gasteiger partial charge in [-0.05, 0) is 23.8 Å². The molecule has 1 amide bonds. The minimum absolute atomic E-state index is 0.192. The number of rotatable bonds is 4. The largest absolute Gasteiger partial charge is 0.349 e. The summed E-state index contributed by atoms with van der Waals surface area (Å²) in [5.41, 5.74) is -0.106. The fraction of sp³-hybridized carbons (Fsp3) is 0.333. The number of halogens is 2. The summed E-state index contributed by atoms with van der Waals surface area (Å²) in [6.07, 6.45) is 0.202. The van der Waals surface area contributed by atoms with Crippen LogP contribution in [-0.2, 0) is 15.0 Å². The lowest BCUT2D eigenvalue weighted by Gasteiger charge is -2.25. The van der Waals surface area contributed by atoms with Crippen LogP contribution in [0.15, 0.2) is 22.7 Å². The van der Waals surface area contributed by atoms with Crippen LogP contribution < -0.4 is 5.32 Å². The van der Waals surface area contributed by atoms with Crippen LogP contribution in [0.5, 0.6) is 0 Å². The molecule has 0 bridgehead atoms. The van der Waals surface area contributed by atoms with Gasteiger partial charge in [0.1, 0.15) is 5.82 Å². The molecule has 92 valence electrons. The fourth-order valence-electron chi connectivity index (χ4n) is 1.46. The quantitative estimate of drug-likeness (QED) is 0.684. The van der Waals surface area contributed by atoms with E-state index in [1.165, 1.54) is 6.07 Å². The zero-order valence-electron chi connectivity index (χ0n) is 9.59. The molecule has 0 unspecified atom stereocenters. The Morgan fingerprint density at radius 2 is 2.18 bits per heavy atom. The molecule has 1 rings (SSSR count). The van der Waals surface area contributed by atoms with Crippen molar-refractivity contribution in [2.75, 3.05) is 6.54 Å². The van der Waals surface area contributed by atoms with Gasteiger partial charge in [-0.2, -0.15) is 0 Å². The number of carbonyl (C=O) groups is 2. The first-order valence-electron chi connectivity index (χ1n) is 5.05. The first-order chi connectivity index (χ1) is 7.86. The summed E-state index contributed by atoms with van der Waals surface area (Å²) in [7, 11) is 0. The van der Waals surface area contributed by atoms with E-state index in [1.54, 1.807) is 26.0 Å². The van der Waals surface area contributed by atoms with Crippen LogP contribution in [0.2, 0.25) is 0 Å². The predicted octanol–water partition coefficient (Wildman–Crippen LogP) is 2.18. The monoisotopic (exact) mass is 301 g/mol. The molecule has 5 heteroatoms. The van der Waals surface area contributed by atoms with Gasteiger partial charge in [0.25, 0.3) is 5.91 Å². The number of hydrogen-bond donors (Lipinski definition) is 1. The highest BCUT2D eigenvalue weighted by Crippen LogP contribution is 2.27. The van der Waals surface area contributed by atoms with Crippen molar-refractivity contribution in [3.8, 4) is 0 Å². The Bertz CT molecular complexity index is 446. The number of aldehydes is 1.